The van der Waals surface area contributed by atoms with E-state index in [-0.39, 0.29) is 18.2 Å². The van der Waals surface area contributed by atoms with Crippen molar-refractivity contribution in [2.45, 2.75) is 6.92 Å². The molecule has 0 unspecified atom stereocenters. The van der Waals surface area contributed by atoms with Crippen molar-refractivity contribution in [2.75, 3.05) is 11.9 Å². The summed E-state index contributed by atoms with van der Waals surface area (Å²) in [6, 6.07) is 5.52. The molecule has 2 rings (SSSR count). The second-order valence-corrected chi connectivity index (χ2v) is 5.10. The van der Waals surface area contributed by atoms with Crippen LogP contribution in [0.5, 0.6) is 5.75 Å². The normalized spacial score (nSPS) is 10.1. The molecule has 1 heterocycles. The van der Waals surface area contributed by atoms with Crippen LogP contribution in [-0.2, 0) is 4.79 Å². The topological polar surface area (TPSA) is 94.4 Å². The lowest BCUT2D eigenvalue weighted by atomic mass is 10.3. The highest BCUT2D eigenvalue weighted by Gasteiger charge is 2.08. The van der Waals surface area contributed by atoms with Crippen LogP contribution in [-0.4, -0.2) is 22.4 Å². The van der Waals surface area contributed by atoms with E-state index in [0.717, 1.165) is 4.88 Å². The lowest BCUT2D eigenvalue weighted by Crippen LogP contribution is -2.19. The summed E-state index contributed by atoms with van der Waals surface area (Å²) in [7, 11) is 0. The molecular formula is C12H11N3O4S. The van der Waals surface area contributed by atoms with Crippen LogP contribution in [0.15, 0.2) is 30.5 Å². The fourth-order valence-corrected chi connectivity index (χ4v) is 2.06. The van der Waals surface area contributed by atoms with Crippen molar-refractivity contribution in [2.24, 2.45) is 0 Å². The van der Waals surface area contributed by atoms with Gasteiger partial charge in [-0.25, -0.2) is 4.98 Å². The van der Waals surface area contributed by atoms with Crippen LogP contribution in [0.3, 0.4) is 0 Å². The number of ether oxygens (including phenoxy) is 1. The van der Waals surface area contributed by atoms with Crippen LogP contribution >= 0.6 is 11.3 Å². The van der Waals surface area contributed by atoms with Crippen LogP contribution < -0.4 is 10.1 Å². The Morgan fingerprint density at radius 1 is 1.45 bits per heavy atom. The predicted molar refractivity (Wildman–Crippen MR) is 74.1 cm³/mol. The van der Waals surface area contributed by atoms with Gasteiger partial charge in [0.05, 0.1) is 4.92 Å². The second kappa shape index (κ2) is 6.11. The molecule has 0 aliphatic carbocycles. The van der Waals surface area contributed by atoms with Crippen molar-refractivity contribution in [3.8, 4) is 5.75 Å². The van der Waals surface area contributed by atoms with Crippen LogP contribution in [0.2, 0.25) is 0 Å². The zero-order chi connectivity index (χ0) is 14.5. The van der Waals surface area contributed by atoms with Crippen molar-refractivity contribution in [1.29, 1.82) is 0 Å². The highest BCUT2D eigenvalue weighted by Crippen LogP contribution is 2.18. The zero-order valence-electron chi connectivity index (χ0n) is 10.5. The number of amides is 1. The number of rotatable bonds is 5. The fourth-order valence-electron chi connectivity index (χ4n) is 1.38. The minimum absolute atomic E-state index is 0.0277. The molecule has 1 aromatic carbocycles. The molecule has 7 nitrogen and oxygen atoms in total. The largest absolute Gasteiger partial charge is 0.484 e. The molecule has 0 saturated heterocycles. The molecule has 0 saturated carbocycles. The summed E-state index contributed by atoms with van der Waals surface area (Å²) in [5, 5.41) is 13.6. The first kappa shape index (κ1) is 13.9. The number of non-ortho nitro benzene ring substituents is 1. The van der Waals surface area contributed by atoms with E-state index in [0.29, 0.717) is 10.9 Å². The third kappa shape index (κ3) is 3.75. The molecular weight excluding hydrogens is 282 g/mol. The minimum Gasteiger partial charge on any atom is -0.484 e. The number of aryl methyl sites for hydroxylation is 1. The average Bonchev–Trinajstić information content (AvgIpc) is 2.82. The SMILES string of the molecule is Cc1cnc(NC(=O)COc2ccc([N+](=O)[O-])cc2)s1. The van der Waals surface area contributed by atoms with E-state index in [2.05, 4.69) is 10.3 Å². The monoisotopic (exact) mass is 293 g/mol. The molecule has 1 aromatic heterocycles. The fraction of sp³-hybridized carbons (Fsp3) is 0.167. The van der Waals surface area contributed by atoms with Crippen LogP contribution in [0.1, 0.15) is 4.88 Å². The zero-order valence-corrected chi connectivity index (χ0v) is 11.3. The molecule has 1 N–H and O–H groups in total. The average molecular weight is 293 g/mol. The highest BCUT2D eigenvalue weighted by molar-refractivity contribution is 7.15. The van der Waals surface area contributed by atoms with Crippen molar-refractivity contribution >= 4 is 28.1 Å². The van der Waals surface area contributed by atoms with Crippen molar-refractivity contribution in [3.05, 3.63) is 45.5 Å². The first-order valence-corrected chi connectivity index (χ1v) is 6.46. The molecule has 0 aliphatic rings. The Kier molecular flexibility index (Phi) is 4.26. The summed E-state index contributed by atoms with van der Waals surface area (Å²) in [6.07, 6.45) is 1.66. The maximum atomic E-state index is 11.6. The number of nitro groups is 1. The van der Waals surface area contributed by atoms with Crippen molar-refractivity contribution < 1.29 is 14.5 Å². The van der Waals surface area contributed by atoms with Crippen LogP contribution in [0, 0.1) is 17.0 Å². The molecule has 0 aliphatic heterocycles. The molecule has 0 spiro atoms. The molecule has 1 amide bonds. The Morgan fingerprint density at radius 2 is 2.15 bits per heavy atom. The van der Waals surface area contributed by atoms with Gasteiger partial charge in [-0.3, -0.25) is 20.2 Å². The number of hydrogen-bond acceptors (Lipinski definition) is 6. The molecule has 104 valence electrons. The maximum Gasteiger partial charge on any atom is 0.269 e. The molecule has 0 fully saturated rings. The third-order valence-corrected chi connectivity index (χ3v) is 3.11. The number of aromatic nitrogens is 1. The maximum absolute atomic E-state index is 11.6. The third-order valence-electron chi connectivity index (χ3n) is 2.29. The Labute approximate surface area is 118 Å². The number of nitro benzene ring substituents is 1. The van der Waals surface area contributed by atoms with Gasteiger partial charge in [-0.2, -0.15) is 0 Å². The summed E-state index contributed by atoms with van der Waals surface area (Å²) in [5.41, 5.74) is -0.0277. The summed E-state index contributed by atoms with van der Waals surface area (Å²) >= 11 is 1.37. The first-order valence-electron chi connectivity index (χ1n) is 5.64. The Bertz CT molecular complexity index is 624. The number of anilines is 1. The van der Waals surface area contributed by atoms with Gasteiger partial charge in [-0.05, 0) is 19.1 Å². The van der Waals surface area contributed by atoms with Crippen molar-refractivity contribution in [1.82, 2.24) is 4.98 Å². The molecule has 0 atom stereocenters. The Hall–Kier alpha value is -2.48. The highest BCUT2D eigenvalue weighted by atomic mass is 32.1. The van der Waals surface area contributed by atoms with E-state index in [4.69, 9.17) is 4.74 Å². The number of hydrogen-bond donors (Lipinski definition) is 1. The van der Waals surface area contributed by atoms with E-state index >= 15 is 0 Å². The number of nitrogens with one attached hydrogen (secondary N) is 1. The number of nitrogens with zero attached hydrogens (tertiary/aromatic N) is 2. The van der Waals surface area contributed by atoms with Gasteiger partial charge in [0.25, 0.3) is 11.6 Å². The van der Waals surface area contributed by atoms with Gasteiger partial charge in [0.15, 0.2) is 11.7 Å². The van der Waals surface area contributed by atoms with E-state index < -0.39 is 4.92 Å². The van der Waals surface area contributed by atoms with E-state index in [9.17, 15) is 14.9 Å². The number of thiazole rings is 1. The molecule has 20 heavy (non-hydrogen) atoms. The first-order chi connectivity index (χ1) is 9.54. The van der Waals surface area contributed by atoms with Gasteiger partial charge in [0.2, 0.25) is 0 Å². The summed E-state index contributed by atoms with van der Waals surface area (Å²) in [5.74, 6) is 0.0544. The summed E-state index contributed by atoms with van der Waals surface area (Å²) in [6.45, 7) is 1.71. The summed E-state index contributed by atoms with van der Waals surface area (Å²) in [4.78, 5) is 26.6. The second-order valence-electron chi connectivity index (χ2n) is 3.86. The lowest BCUT2D eigenvalue weighted by molar-refractivity contribution is -0.384. The van der Waals surface area contributed by atoms with E-state index in [1.54, 1.807) is 6.20 Å². The quantitative estimate of drug-likeness (QED) is 0.674. The predicted octanol–water partition coefficient (Wildman–Crippen LogP) is 2.38. The van der Waals surface area contributed by atoms with Crippen molar-refractivity contribution in [3.63, 3.8) is 0 Å². The van der Waals surface area contributed by atoms with Gasteiger partial charge >= 0.3 is 0 Å². The van der Waals surface area contributed by atoms with Gasteiger partial charge in [-0.15, -0.1) is 11.3 Å². The Morgan fingerprint density at radius 3 is 2.70 bits per heavy atom. The standard InChI is InChI=1S/C12H11N3O4S/c1-8-6-13-12(20-8)14-11(16)7-19-10-4-2-9(3-5-10)15(17)18/h2-6H,7H2,1H3,(H,13,14,16). The van der Waals surface area contributed by atoms with E-state index in [1.807, 2.05) is 6.92 Å². The van der Waals surface area contributed by atoms with Crippen LogP contribution in [0.25, 0.3) is 0 Å². The lowest BCUT2D eigenvalue weighted by Gasteiger charge is -2.05. The van der Waals surface area contributed by atoms with Gasteiger partial charge in [-0.1, -0.05) is 0 Å². The number of carbonyl (C=O) groups excluding carboxylic acids is 1. The van der Waals surface area contributed by atoms with Crippen LogP contribution in [0.4, 0.5) is 10.8 Å². The Balaban J connectivity index is 1.85. The minimum atomic E-state index is -0.499. The summed E-state index contributed by atoms with van der Waals surface area (Å²) < 4.78 is 5.22. The van der Waals surface area contributed by atoms with Gasteiger partial charge in [0.1, 0.15) is 5.75 Å². The van der Waals surface area contributed by atoms with Gasteiger partial charge < -0.3 is 4.74 Å². The molecule has 0 bridgehead atoms. The number of benzene rings is 1. The molecule has 2 aromatic rings. The smallest absolute Gasteiger partial charge is 0.269 e. The molecule has 8 heteroatoms. The number of carbonyl (C=O) groups is 1. The van der Waals surface area contributed by atoms with Gasteiger partial charge in [0, 0.05) is 23.2 Å². The van der Waals surface area contributed by atoms with E-state index in [1.165, 1.54) is 35.6 Å². The molecule has 0 radical (unpaired) electrons.